The standard InChI is InChI=1S/C34H59N3O5S/c1-24(2)16-30(38)32(40)29(17-25-12-10-7-11-13-25)36-33(41)27(18-28-21-43-23-35-28)19-31(39)37(22-34(3,4)42)20-26-14-8-5-6-9-15-26/h21,23-27,29-30,32,38,40,42H,5-20,22H2,1-4H3,(H,36,41)/t27-,29+,30+,32-/m1/s1. The van der Waals surface area contributed by atoms with Crippen molar-refractivity contribution in [3.05, 3.63) is 16.6 Å². The molecule has 2 saturated carbocycles. The number of hydrogen-bond acceptors (Lipinski definition) is 7. The van der Waals surface area contributed by atoms with Crippen molar-refractivity contribution in [2.45, 2.75) is 148 Å². The van der Waals surface area contributed by atoms with Crippen molar-refractivity contribution < 1.29 is 24.9 Å². The summed E-state index contributed by atoms with van der Waals surface area (Å²) in [7, 11) is 0. The quantitative estimate of drug-likeness (QED) is 0.181. The zero-order chi connectivity index (χ0) is 31.4. The molecule has 2 fully saturated rings. The first-order valence-corrected chi connectivity index (χ1v) is 17.9. The molecule has 4 atom stereocenters. The maximum absolute atomic E-state index is 14.0. The van der Waals surface area contributed by atoms with E-state index < -0.39 is 29.8 Å². The first-order valence-electron chi connectivity index (χ1n) is 16.9. The monoisotopic (exact) mass is 621 g/mol. The molecule has 1 heterocycles. The lowest BCUT2D eigenvalue weighted by Gasteiger charge is -2.34. The number of amides is 2. The number of rotatable bonds is 16. The molecule has 0 radical (unpaired) electrons. The van der Waals surface area contributed by atoms with Crippen molar-refractivity contribution >= 4 is 23.2 Å². The van der Waals surface area contributed by atoms with E-state index in [0.717, 1.165) is 57.1 Å². The molecule has 0 saturated heterocycles. The summed E-state index contributed by atoms with van der Waals surface area (Å²) in [6.07, 6.45) is 12.0. The number of aromatic nitrogens is 1. The van der Waals surface area contributed by atoms with Gasteiger partial charge in [0.1, 0.15) is 6.10 Å². The second kappa shape index (κ2) is 17.8. The highest BCUT2D eigenvalue weighted by Crippen LogP contribution is 2.30. The van der Waals surface area contributed by atoms with Gasteiger partial charge in [0, 0.05) is 31.3 Å². The van der Waals surface area contributed by atoms with Gasteiger partial charge in [0.25, 0.3) is 0 Å². The van der Waals surface area contributed by atoms with Crippen LogP contribution >= 0.6 is 11.3 Å². The van der Waals surface area contributed by atoms with Crippen LogP contribution in [-0.4, -0.2) is 74.0 Å². The van der Waals surface area contributed by atoms with Crippen LogP contribution in [0.2, 0.25) is 0 Å². The number of carbonyl (C=O) groups excluding carboxylic acids is 2. The van der Waals surface area contributed by atoms with Gasteiger partial charge in [-0.05, 0) is 57.3 Å². The maximum atomic E-state index is 14.0. The highest BCUT2D eigenvalue weighted by atomic mass is 32.1. The second-order valence-electron chi connectivity index (χ2n) is 14.6. The molecule has 43 heavy (non-hydrogen) atoms. The summed E-state index contributed by atoms with van der Waals surface area (Å²) in [6, 6.07) is -0.587. The Kier molecular flexibility index (Phi) is 14.9. The Morgan fingerprint density at radius 3 is 2.19 bits per heavy atom. The third kappa shape index (κ3) is 13.1. The van der Waals surface area contributed by atoms with E-state index in [4.69, 9.17) is 0 Å². The molecule has 1 aromatic heterocycles. The SMILES string of the molecule is CC(C)C[C@H](O)[C@H](O)[C@H](CC1CCCCC1)NC(=O)[C@@H](CC(=O)N(CC1CCCCCC1)CC(C)(C)O)Cc1cscn1. The summed E-state index contributed by atoms with van der Waals surface area (Å²) >= 11 is 1.46. The topological polar surface area (TPSA) is 123 Å². The molecule has 2 amide bonds. The molecule has 0 spiro atoms. The lowest BCUT2D eigenvalue weighted by Crippen LogP contribution is -2.52. The fourth-order valence-corrected chi connectivity index (χ4v) is 7.60. The van der Waals surface area contributed by atoms with E-state index in [2.05, 4.69) is 10.3 Å². The number of nitrogens with zero attached hydrogens (tertiary/aromatic N) is 2. The van der Waals surface area contributed by atoms with Crippen molar-refractivity contribution in [2.24, 2.45) is 23.7 Å². The molecule has 0 unspecified atom stereocenters. The number of aliphatic hydroxyl groups excluding tert-OH is 2. The summed E-state index contributed by atoms with van der Waals surface area (Å²) in [5.74, 6) is -0.0867. The number of hydrogen-bond donors (Lipinski definition) is 4. The zero-order valence-corrected chi connectivity index (χ0v) is 28.0. The van der Waals surface area contributed by atoms with Crippen LogP contribution in [0.4, 0.5) is 0 Å². The fourth-order valence-electron chi connectivity index (χ4n) is 7.02. The van der Waals surface area contributed by atoms with Gasteiger partial charge in [0.05, 0.1) is 34.9 Å². The Morgan fingerprint density at radius 1 is 1.02 bits per heavy atom. The molecular formula is C34H59N3O5S. The van der Waals surface area contributed by atoms with Crippen molar-refractivity contribution in [1.29, 1.82) is 0 Å². The third-order valence-electron chi connectivity index (χ3n) is 9.27. The molecule has 2 aliphatic carbocycles. The van der Waals surface area contributed by atoms with Crippen LogP contribution in [0.3, 0.4) is 0 Å². The molecule has 0 aromatic carbocycles. The summed E-state index contributed by atoms with van der Waals surface area (Å²) in [4.78, 5) is 34.1. The Labute approximate surface area is 264 Å². The molecule has 9 heteroatoms. The third-order valence-corrected chi connectivity index (χ3v) is 9.91. The molecule has 3 rings (SSSR count). The number of carbonyl (C=O) groups is 2. The number of thiazole rings is 1. The summed E-state index contributed by atoms with van der Waals surface area (Å²) < 4.78 is 0. The summed E-state index contributed by atoms with van der Waals surface area (Å²) in [5, 5.41) is 37.8. The van der Waals surface area contributed by atoms with E-state index in [1.165, 1.54) is 30.6 Å². The summed E-state index contributed by atoms with van der Waals surface area (Å²) in [6.45, 7) is 8.28. The van der Waals surface area contributed by atoms with E-state index in [9.17, 15) is 24.9 Å². The van der Waals surface area contributed by atoms with E-state index in [1.54, 1.807) is 24.3 Å². The average Bonchev–Trinajstić information content (AvgIpc) is 3.32. The van der Waals surface area contributed by atoms with Crippen LogP contribution in [0.15, 0.2) is 10.9 Å². The van der Waals surface area contributed by atoms with Crippen molar-refractivity contribution in [3.8, 4) is 0 Å². The molecule has 2 aliphatic rings. The van der Waals surface area contributed by atoms with E-state index in [0.29, 0.717) is 37.6 Å². The van der Waals surface area contributed by atoms with E-state index >= 15 is 0 Å². The molecule has 4 N–H and O–H groups in total. The zero-order valence-electron chi connectivity index (χ0n) is 27.2. The lowest BCUT2D eigenvalue weighted by atomic mass is 9.82. The molecule has 0 aliphatic heterocycles. The molecule has 246 valence electrons. The van der Waals surface area contributed by atoms with Gasteiger partial charge in [-0.25, -0.2) is 4.98 Å². The van der Waals surface area contributed by atoms with Crippen LogP contribution < -0.4 is 5.32 Å². The predicted molar refractivity (Wildman–Crippen MR) is 173 cm³/mol. The van der Waals surface area contributed by atoms with Crippen LogP contribution in [0.25, 0.3) is 0 Å². The number of aliphatic hydroxyl groups is 3. The number of nitrogens with one attached hydrogen (secondary N) is 1. The van der Waals surface area contributed by atoms with Gasteiger partial charge in [-0.1, -0.05) is 71.6 Å². The minimum absolute atomic E-state index is 0.00690. The highest BCUT2D eigenvalue weighted by Gasteiger charge is 2.35. The maximum Gasteiger partial charge on any atom is 0.224 e. The van der Waals surface area contributed by atoms with Crippen LogP contribution in [0, 0.1) is 23.7 Å². The van der Waals surface area contributed by atoms with Gasteiger partial charge in [-0.15, -0.1) is 11.3 Å². The van der Waals surface area contributed by atoms with Gasteiger partial charge in [-0.2, -0.15) is 0 Å². The van der Waals surface area contributed by atoms with E-state index in [-0.39, 0.29) is 30.7 Å². The van der Waals surface area contributed by atoms with Gasteiger partial charge >= 0.3 is 0 Å². The molecular weight excluding hydrogens is 562 g/mol. The minimum Gasteiger partial charge on any atom is -0.390 e. The lowest BCUT2D eigenvalue weighted by molar-refractivity contribution is -0.140. The van der Waals surface area contributed by atoms with Crippen LogP contribution in [-0.2, 0) is 16.0 Å². The Balaban J connectivity index is 1.79. The smallest absolute Gasteiger partial charge is 0.224 e. The Morgan fingerprint density at radius 2 is 1.63 bits per heavy atom. The van der Waals surface area contributed by atoms with Gasteiger partial charge in [0.15, 0.2) is 0 Å². The van der Waals surface area contributed by atoms with E-state index in [1.807, 2.05) is 19.2 Å². The largest absolute Gasteiger partial charge is 0.390 e. The highest BCUT2D eigenvalue weighted by molar-refractivity contribution is 7.07. The first-order chi connectivity index (χ1) is 20.4. The van der Waals surface area contributed by atoms with Gasteiger partial charge < -0.3 is 25.5 Å². The van der Waals surface area contributed by atoms with Crippen LogP contribution in [0.5, 0.6) is 0 Å². The molecule has 8 nitrogen and oxygen atoms in total. The van der Waals surface area contributed by atoms with Crippen molar-refractivity contribution in [3.63, 3.8) is 0 Å². The normalized spacial score (nSPS) is 20.3. The summed E-state index contributed by atoms with van der Waals surface area (Å²) in [5.41, 5.74) is 1.45. The molecule has 0 bridgehead atoms. The average molecular weight is 622 g/mol. The van der Waals surface area contributed by atoms with Crippen LogP contribution in [0.1, 0.15) is 123 Å². The van der Waals surface area contributed by atoms with Gasteiger partial charge in [-0.3, -0.25) is 9.59 Å². The first kappa shape index (κ1) is 35.9. The minimum atomic E-state index is -1.08. The van der Waals surface area contributed by atoms with Crippen molar-refractivity contribution in [1.82, 2.24) is 15.2 Å². The Hall–Kier alpha value is -1.55. The predicted octanol–water partition coefficient (Wildman–Crippen LogP) is 5.48. The Bertz CT molecular complexity index is 936. The second-order valence-corrected chi connectivity index (χ2v) is 15.3. The van der Waals surface area contributed by atoms with Crippen molar-refractivity contribution in [2.75, 3.05) is 13.1 Å². The molecule has 1 aromatic rings. The fraction of sp³-hybridized carbons (Fsp3) is 0.853. The van der Waals surface area contributed by atoms with Gasteiger partial charge in [0.2, 0.25) is 11.8 Å².